The normalized spacial score (nSPS) is 17.3. The summed E-state index contributed by atoms with van der Waals surface area (Å²) in [5.74, 6) is -1.97. The van der Waals surface area contributed by atoms with Gasteiger partial charge < -0.3 is 19.9 Å². The van der Waals surface area contributed by atoms with E-state index in [1.807, 2.05) is 12.1 Å². The number of ether oxygens (including phenoxy) is 2. The lowest BCUT2D eigenvalue weighted by molar-refractivity contribution is -0.149. The molecule has 2 atom stereocenters. The Hall–Kier alpha value is -2.57. The minimum Gasteiger partial charge on any atom is -0.480 e. The molecule has 0 saturated heterocycles. The zero-order chi connectivity index (χ0) is 15.4. The predicted octanol–water partition coefficient (Wildman–Crippen LogP) is 0.123. The molecule has 112 valence electrons. The number of aliphatic carboxylic acids is 1. The molecule has 1 aliphatic rings. The summed E-state index contributed by atoms with van der Waals surface area (Å²) >= 11 is 0. The smallest absolute Gasteiger partial charge is 0.326 e. The van der Waals surface area contributed by atoms with Crippen molar-refractivity contribution >= 4 is 17.8 Å². The highest BCUT2D eigenvalue weighted by molar-refractivity contribution is 5.89. The van der Waals surface area contributed by atoms with Crippen LogP contribution in [0.3, 0.4) is 0 Å². The third kappa shape index (κ3) is 3.50. The van der Waals surface area contributed by atoms with Crippen LogP contribution in [0.25, 0.3) is 0 Å². The van der Waals surface area contributed by atoms with Gasteiger partial charge in [0.25, 0.3) is 5.91 Å². The average Bonchev–Trinajstić information content (AvgIpc) is 2.90. The molecule has 7 nitrogen and oxygen atoms in total. The molecule has 7 heteroatoms. The Morgan fingerprint density at radius 1 is 1.43 bits per heavy atom. The molecule has 0 aromatic heterocycles. The van der Waals surface area contributed by atoms with E-state index in [-0.39, 0.29) is 0 Å². The highest BCUT2D eigenvalue weighted by atomic mass is 16.5. The van der Waals surface area contributed by atoms with E-state index in [4.69, 9.17) is 9.84 Å². The molecule has 21 heavy (non-hydrogen) atoms. The second kappa shape index (κ2) is 6.25. The van der Waals surface area contributed by atoms with Crippen LogP contribution in [0.2, 0.25) is 0 Å². The number of carboxylic acids is 1. The molecular formula is C14H15NO6. The molecule has 1 aromatic rings. The van der Waals surface area contributed by atoms with Crippen molar-refractivity contribution < 1.29 is 29.0 Å². The Balaban J connectivity index is 1.98. The molecule has 2 rings (SSSR count). The first kappa shape index (κ1) is 14.8. The van der Waals surface area contributed by atoms with E-state index < -0.39 is 36.4 Å². The van der Waals surface area contributed by atoms with Crippen LogP contribution in [0.1, 0.15) is 12.0 Å². The number of para-hydroxylation sites is 1. The summed E-state index contributed by atoms with van der Waals surface area (Å²) in [6.07, 6.45) is -0.856. The number of nitrogens with one attached hydrogen (secondary N) is 1. The van der Waals surface area contributed by atoms with Gasteiger partial charge in [0.1, 0.15) is 11.8 Å². The van der Waals surface area contributed by atoms with Gasteiger partial charge in [0.2, 0.25) is 0 Å². The van der Waals surface area contributed by atoms with Crippen LogP contribution in [0.15, 0.2) is 24.3 Å². The Morgan fingerprint density at radius 3 is 2.76 bits per heavy atom. The van der Waals surface area contributed by atoms with Crippen molar-refractivity contribution in [1.82, 2.24) is 5.32 Å². The minimum absolute atomic E-state index is 0.368. The third-order valence-corrected chi connectivity index (χ3v) is 3.15. The van der Waals surface area contributed by atoms with Gasteiger partial charge in [0.15, 0.2) is 6.10 Å². The summed E-state index contributed by atoms with van der Waals surface area (Å²) in [5, 5.41) is 11.3. The zero-order valence-corrected chi connectivity index (χ0v) is 11.4. The van der Waals surface area contributed by atoms with Crippen LogP contribution >= 0.6 is 0 Å². The number of fused-ring (bicyclic) bond motifs is 1. The Kier molecular flexibility index (Phi) is 4.42. The maximum atomic E-state index is 12.0. The predicted molar refractivity (Wildman–Crippen MR) is 70.8 cm³/mol. The molecular weight excluding hydrogens is 278 g/mol. The monoisotopic (exact) mass is 293 g/mol. The number of amides is 1. The van der Waals surface area contributed by atoms with Crippen LogP contribution < -0.4 is 10.1 Å². The summed E-state index contributed by atoms with van der Waals surface area (Å²) in [7, 11) is 1.15. The molecule has 0 radical (unpaired) electrons. The van der Waals surface area contributed by atoms with Gasteiger partial charge in [-0.2, -0.15) is 0 Å². The molecule has 0 bridgehead atoms. The second-order valence-corrected chi connectivity index (χ2v) is 4.60. The van der Waals surface area contributed by atoms with Crippen LogP contribution in [0.5, 0.6) is 5.75 Å². The number of carboxylic acid groups (broad SMARTS) is 1. The molecule has 1 unspecified atom stereocenters. The van der Waals surface area contributed by atoms with Crippen molar-refractivity contribution in [2.24, 2.45) is 0 Å². The first-order chi connectivity index (χ1) is 10.0. The lowest BCUT2D eigenvalue weighted by Gasteiger charge is -2.16. The molecule has 2 N–H and O–H groups in total. The quantitative estimate of drug-likeness (QED) is 0.748. The molecule has 0 fully saturated rings. The summed E-state index contributed by atoms with van der Waals surface area (Å²) in [4.78, 5) is 34.2. The molecule has 1 aliphatic heterocycles. The Bertz CT molecular complexity index is 545. The number of methoxy groups -OCH3 is 1. The van der Waals surface area contributed by atoms with Gasteiger partial charge in [0, 0.05) is 6.42 Å². The average molecular weight is 293 g/mol. The van der Waals surface area contributed by atoms with Crippen molar-refractivity contribution in [3.63, 3.8) is 0 Å². The number of hydrogen-bond acceptors (Lipinski definition) is 5. The van der Waals surface area contributed by atoms with E-state index in [0.29, 0.717) is 12.2 Å². The topological polar surface area (TPSA) is 102 Å². The van der Waals surface area contributed by atoms with Crippen molar-refractivity contribution in [3.8, 4) is 5.75 Å². The third-order valence-electron chi connectivity index (χ3n) is 3.15. The van der Waals surface area contributed by atoms with Gasteiger partial charge in [-0.15, -0.1) is 0 Å². The van der Waals surface area contributed by atoms with Gasteiger partial charge in [-0.05, 0) is 11.6 Å². The van der Waals surface area contributed by atoms with E-state index in [9.17, 15) is 14.4 Å². The summed E-state index contributed by atoms with van der Waals surface area (Å²) < 4.78 is 9.86. The second-order valence-electron chi connectivity index (χ2n) is 4.60. The van der Waals surface area contributed by atoms with Crippen LogP contribution in [0, 0.1) is 0 Å². The SMILES string of the molecule is COC(=O)C[C@H](NC(=O)C1Cc2ccccc2O1)C(=O)O. The van der Waals surface area contributed by atoms with Gasteiger partial charge in [0.05, 0.1) is 13.5 Å². The molecule has 0 saturated carbocycles. The summed E-state index contributed by atoms with van der Waals surface area (Å²) in [5.41, 5.74) is 0.887. The molecule has 0 spiro atoms. The van der Waals surface area contributed by atoms with Crippen LogP contribution in [-0.4, -0.2) is 42.2 Å². The largest absolute Gasteiger partial charge is 0.480 e. The summed E-state index contributed by atoms with van der Waals surface area (Å²) in [6, 6.07) is 5.87. The van der Waals surface area contributed by atoms with Gasteiger partial charge in [-0.3, -0.25) is 9.59 Å². The fourth-order valence-corrected chi connectivity index (χ4v) is 2.04. The van der Waals surface area contributed by atoms with Crippen molar-refractivity contribution in [2.75, 3.05) is 7.11 Å². The Labute approximate surface area is 120 Å². The van der Waals surface area contributed by atoms with E-state index >= 15 is 0 Å². The van der Waals surface area contributed by atoms with E-state index in [2.05, 4.69) is 10.1 Å². The first-order valence-electron chi connectivity index (χ1n) is 6.36. The molecule has 1 amide bonds. The maximum Gasteiger partial charge on any atom is 0.326 e. The number of esters is 1. The number of hydrogen-bond donors (Lipinski definition) is 2. The van der Waals surface area contributed by atoms with Crippen LogP contribution in [-0.2, 0) is 25.5 Å². The number of rotatable bonds is 5. The Morgan fingerprint density at radius 2 is 2.14 bits per heavy atom. The highest BCUT2D eigenvalue weighted by Gasteiger charge is 2.32. The minimum atomic E-state index is -1.34. The maximum absolute atomic E-state index is 12.0. The van der Waals surface area contributed by atoms with Crippen molar-refractivity contribution in [1.29, 1.82) is 0 Å². The van der Waals surface area contributed by atoms with E-state index in [1.165, 1.54) is 0 Å². The standard InChI is InChI=1S/C14H15NO6/c1-20-12(16)7-9(14(18)19)15-13(17)11-6-8-4-2-3-5-10(8)21-11/h2-5,9,11H,6-7H2,1H3,(H,15,17)(H,18,19)/t9-,11?/m0/s1. The summed E-state index contributed by atoms with van der Waals surface area (Å²) in [6.45, 7) is 0. The molecule has 0 aliphatic carbocycles. The fraction of sp³-hybridized carbons (Fsp3) is 0.357. The van der Waals surface area contributed by atoms with Crippen molar-refractivity contribution in [2.45, 2.75) is 25.0 Å². The van der Waals surface area contributed by atoms with E-state index in [1.54, 1.807) is 12.1 Å². The number of carbonyl (C=O) groups is 3. The van der Waals surface area contributed by atoms with Gasteiger partial charge >= 0.3 is 11.9 Å². The van der Waals surface area contributed by atoms with Crippen LogP contribution in [0.4, 0.5) is 0 Å². The fourth-order valence-electron chi connectivity index (χ4n) is 2.04. The number of carbonyl (C=O) groups excluding carboxylic acids is 2. The zero-order valence-electron chi connectivity index (χ0n) is 11.4. The van der Waals surface area contributed by atoms with Crippen molar-refractivity contribution in [3.05, 3.63) is 29.8 Å². The highest BCUT2D eigenvalue weighted by Crippen LogP contribution is 2.28. The first-order valence-corrected chi connectivity index (χ1v) is 6.36. The molecule has 1 aromatic carbocycles. The van der Waals surface area contributed by atoms with Gasteiger partial charge in [-0.25, -0.2) is 4.79 Å². The number of benzene rings is 1. The molecule has 1 heterocycles. The van der Waals surface area contributed by atoms with E-state index in [0.717, 1.165) is 12.7 Å². The van der Waals surface area contributed by atoms with Gasteiger partial charge in [-0.1, -0.05) is 18.2 Å². The lowest BCUT2D eigenvalue weighted by atomic mass is 10.1. The lowest BCUT2D eigenvalue weighted by Crippen LogP contribution is -2.47.